The molecular weight excluding hydrogens is 802 g/mol. The van der Waals surface area contributed by atoms with Crippen molar-refractivity contribution in [1.29, 1.82) is 0 Å². The van der Waals surface area contributed by atoms with Crippen LogP contribution in [0.4, 0.5) is 5.82 Å². The molecule has 3 aromatic heterocycles. The quantitative estimate of drug-likeness (QED) is 0.121. The standard InChI is InChI=1S/C35H50IN5O6SSi2/c1-20-22(28(45-40-20)21-12-13-24-25(14-21)43-19-42-24)16-48-17-26-29(46-49(8,9)34(2,3)4)30(47-50(10,11)35(5,6)7)33(44-26)41-15-23(36)27-31(37)38-18-39-32(27)41/h12-15,18,26,29-30,33H,16-17,19H2,1-11H3,(H2,37,38,39)/t26-,29-,30-,33-/m1/s1. The van der Waals surface area contributed by atoms with E-state index in [1.807, 2.05) is 25.1 Å². The van der Waals surface area contributed by atoms with Gasteiger partial charge in [0.05, 0.1) is 17.2 Å². The maximum absolute atomic E-state index is 7.36. The highest BCUT2D eigenvalue weighted by atomic mass is 127. The zero-order valence-electron chi connectivity index (χ0n) is 30.9. The lowest BCUT2D eigenvalue weighted by Gasteiger charge is -2.44. The minimum absolute atomic E-state index is 0.0133. The summed E-state index contributed by atoms with van der Waals surface area (Å²) in [5.74, 6) is 3.97. The summed E-state index contributed by atoms with van der Waals surface area (Å²) in [5, 5.41) is 5.12. The number of thioether (sulfide) groups is 1. The molecule has 50 heavy (non-hydrogen) atoms. The number of aromatic nitrogens is 4. The van der Waals surface area contributed by atoms with E-state index in [2.05, 4.69) is 116 Å². The monoisotopic (exact) mass is 851 g/mol. The maximum atomic E-state index is 7.36. The Hall–Kier alpha value is -2.16. The van der Waals surface area contributed by atoms with E-state index >= 15 is 0 Å². The number of anilines is 1. The van der Waals surface area contributed by atoms with Gasteiger partial charge >= 0.3 is 0 Å². The van der Waals surface area contributed by atoms with Gasteiger partial charge in [-0.3, -0.25) is 0 Å². The van der Waals surface area contributed by atoms with Crippen molar-refractivity contribution in [3.8, 4) is 22.8 Å². The normalized spacial score (nSPS) is 21.4. The van der Waals surface area contributed by atoms with Crippen molar-refractivity contribution in [3.63, 3.8) is 0 Å². The molecule has 5 heterocycles. The molecule has 0 spiro atoms. The van der Waals surface area contributed by atoms with Crippen LogP contribution in [0.3, 0.4) is 0 Å². The predicted molar refractivity (Wildman–Crippen MR) is 212 cm³/mol. The van der Waals surface area contributed by atoms with Crippen molar-refractivity contribution in [2.75, 3.05) is 18.3 Å². The highest BCUT2D eigenvalue weighted by Crippen LogP contribution is 2.47. The van der Waals surface area contributed by atoms with Gasteiger partial charge in [0.2, 0.25) is 6.79 Å². The van der Waals surface area contributed by atoms with Crippen LogP contribution >= 0.6 is 34.4 Å². The molecule has 11 nitrogen and oxygen atoms in total. The summed E-state index contributed by atoms with van der Waals surface area (Å²) in [4.78, 5) is 8.97. The van der Waals surface area contributed by atoms with Gasteiger partial charge in [-0.2, -0.15) is 11.8 Å². The molecule has 0 bridgehead atoms. The molecule has 4 atom stereocenters. The lowest BCUT2D eigenvalue weighted by atomic mass is 10.1. The van der Waals surface area contributed by atoms with E-state index in [1.54, 1.807) is 11.8 Å². The van der Waals surface area contributed by atoms with Crippen molar-refractivity contribution >= 4 is 67.8 Å². The van der Waals surface area contributed by atoms with Crippen molar-refractivity contribution < 1.29 is 27.6 Å². The van der Waals surface area contributed by atoms with Crippen molar-refractivity contribution in [2.24, 2.45) is 0 Å². The Morgan fingerprint density at radius 1 is 0.980 bits per heavy atom. The van der Waals surface area contributed by atoms with Crippen LogP contribution in [0.1, 0.15) is 59.0 Å². The fourth-order valence-corrected chi connectivity index (χ4v) is 10.3. The molecule has 6 rings (SSSR count). The Bertz CT molecular complexity index is 1870. The van der Waals surface area contributed by atoms with E-state index in [1.165, 1.54) is 6.33 Å². The number of rotatable bonds is 10. The Kier molecular flexibility index (Phi) is 10.3. The van der Waals surface area contributed by atoms with E-state index < -0.39 is 22.9 Å². The lowest BCUT2D eigenvalue weighted by Crippen LogP contribution is -2.53. The average Bonchev–Trinajstić information content (AvgIpc) is 3.78. The minimum Gasteiger partial charge on any atom is -0.454 e. The fourth-order valence-electron chi connectivity index (χ4n) is 5.72. The third-order valence-electron chi connectivity index (χ3n) is 10.8. The lowest BCUT2D eigenvalue weighted by molar-refractivity contribution is -0.0244. The molecule has 0 saturated carbocycles. The van der Waals surface area contributed by atoms with Crippen LogP contribution < -0.4 is 15.2 Å². The second-order valence-electron chi connectivity index (χ2n) is 16.3. The molecule has 2 aliphatic heterocycles. The highest BCUT2D eigenvalue weighted by Gasteiger charge is 2.54. The second-order valence-corrected chi connectivity index (χ2v) is 28.0. The van der Waals surface area contributed by atoms with E-state index in [0.717, 1.165) is 42.9 Å². The maximum Gasteiger partial charge on any atom is 0.231 e. The van der Waals surface area contributed by atoms with Crippen LogP contribution in [-0.2, 0) is 19.3 Å². The molecule has 1 aromatic carbocycles. The number of nitrogens with zero attached hydrogens (tertiary/aromatic N) is 4. The van der Waals surface area contributed by atoms with Gasteiger partial charge in [-0.15, -0.1) is 0 Å². The van der Waals surface area contributed by atoms with Crippen LogP contribution in [0.25, 0.3) is 22.4 Å². The fraction of sp³-hybridized carbons (Fsp3) is 0.571. The number of benzene rings is 1. The zero-order valence-corrected chi connectivity index (χ0v) is 35.9. The van der Waals surface area contributed by atoms with Crippen molar-refractivity contribution in [2.45, 2.75) is 115 Å². The first-order chi connectivity index (χ1) is 23.3. The molecule has 15 heteroatoms. The molecule has 1 saturated heterocycles. The third kappa shape index (κ3) is 7.11. The second kappa shape index (κ2) is 13.7. The van der Waals surface area contributed by atoms with Gasteiger partial charge in [0.25, 0.3) is 0 Å². The highest BCUT2D eigenvalue weighted by molar-refractivity contribution is 14.1. The van der Waals surface area contributed by atoms with Crippen molar-refractivity contribution in [3.05, 3.63) is 45.6 Å². The molecule has 2 aliphatic rings. The van der Waals surface area contributed by atoms with Gasteiger partial charge in [0, 0.05) is 32.4 Å². The SMILES string of the molecule is Cc1noc(-c2ccc3c(c2)OCO3)c1CSC[C@H]1O[C@@H](n2cc(I)c3c(N)ncnc32)[C@H](O[Si](C)(C)C(C)(C)C)[C@@H]1O[Si](C)(C)C(C)(C)C. The van der Waals surface area contributed by atoms with E-state index in [-0.39, 0.29) is 35.2 Å². The first kappa shape index (κ1) is 37.6. The molecule has 272 valence electrons. The van der Waals surface area contributed by atoms with Crippen LogP contribution in [0.2, 0.25) is 36.3 Å². The number of hydrogen-bond donors (Lipinski definition) is 1. The summed E-state index contributed by atoms with van der Waals surface area (Å²) in [5.41, 5.74) is 9.89. The molecule has 0 unspecified atom stereocenters. The number of nitrogen functional groups attached to an aromatic ring is 1. The number of fused-ring (bicyclic) bond motifs is 2. The summed E-state index contributed by atoms with van der Waals surface area (Å²) in [7, 11) is -4.59. The van der Waals surface area contributed by atoms with Gasteiger partial charge in [-0.1, -0.05) is 46.7 Å². The summed E-state index contributed by atoms with van der Waals surface area (Å²) < 4.78 is 41.9. The number of hydrogen-bond acceptors (Lipinski definition) is 11. The minimum atomic E-state index is -2.31. The number of halogens is 1. The average molecular weight is 852 g/mol. The Labute approximate surface area is 315 Å². The summed E-state index contributed by atoms with van der Waals surface area (Å²) in [6.07, 6.45) is 2.14. The van der Waals surface area contributed by atoms with Crippen LogP contribution in [0.15, 0.2) is 35.2 Å². The number of nitrogens with two attached hydrogens (primary N) is 1. The first-order valence-corrected chi connectivity index (χ1v) is 25.0. The predicted octanol–water partition coefficient (Wildman–Crippen LogP) is 8.92. The van der Waals surface area contributed by atoms with Crippen LogP contribution in [0.5, 0.6) is 11.5 Å². The first-order valence-electron chi connectivity index (χ1n) is 17.0. The van der Waals surface area contributed by atoms with E-state index in [4.69, 9.17) is 33.3 Å². The van der Waals surface area contributed by atoms with Crippen molar-refractivity contribution in [1.82, 2.24) is 19.7 Å². The molecule has 0 aliphatic carbocycles. The number of ether oxygens (including phenoxy) is 3. The van der Waals surface area contributed by atoms with E-state index in [9.17, 15) is 0 Å². The summed E-state index contributed by atoms with van der Waals surface area (Å²) in [6.45, 7) is 25.0. The largest absolute Gasteiger partial charge is 0.454 e. The third-order valence-corrected chi connectivity index (χ3v) is 21.6. The van der Waals surface area contributed by atoms with Gasteiger partial charge in [-0.05, 0) is 84.0 Å². The number of aryl methyl sites for hydroxylation is 1. The topological polar surface area (TPSA) is 129 Å². The van der Waals surface area contributed by atoms with Gasteiger partial charge in [0.15, 0.2) is 40.1 Å². The van der Waals surface area contributed by atoms with Crippen LogP contribution in [-0.4, -0.2) is 67.2 Å². The smallest absolute Gasteiger partial charge is 0.231 e. The Balaban J connectivity index is 1.35. The summed E-state index contributed by atoms with van der Waals surface area (Å²) >= 11 is 4.09. The molecule has 0 radical (unpaired) electrons. The van der Waals surface area contributed by atoms with Gasteiger partial charge < -0.3 is 37.9 Å². The molecule has 0 amide bonds. The molecular formula is C35H50IN5O6SSi2. The Morgan fingerprint density at radius 2 is 1.64 bits per heavy atom. The van der Waals surface area contributed by atoms with Crippen LogP contribution in [0, 0.1) is 10.5 Å². The Morgan fingerprint density at radius 3 is 2.32 bits per heavy atom. The molecule has 1 fully saturated rings. The van der Waals surface area contributed by atoms with Gasteiger partial charge in [0.1, 0.15) is 30.0 Å². The molecule has 2 N–H and O–H groups in total. The summed E-state index contributed by atoms with van der Waals surface area (Å²) in [6, 6.07) is 5.85. The molecule has 4 aromatic rings. The van der Waals surface area contributed by atoms with E-state index in [0.29, 0.717) is 23.1 Å². The van der Waals surface area contributed by atoms with Gasteiger partial charge in [-0.25, -0.2) is 9.97 Å². The zero-order chi connectivity index (χ0) is 36.4.